The van der Waals surface area contributed by atoms with Gasteiger partial charge in [-0.25, -0.2) is 14.2 Å². The molecular weight excluding hydrogens is 370 g/mol. The maximum absolute atomic E-state index is 12.5. The van der Waals surface area contributed by atoms with Gasteiger partial charge in [0.1, 0.15) is 18.7 Å². The van der Waals surface area contributed by atoms with Crippen LogP contribution in [0.1, 0.15) is 32.1 Å². The highest BCUT2D eigenvalue weighted by atomic mass is 16.2. The lowest BCUT2D eigenvalue weighted by atomic mass is 9.63. The lowest BCUT2D eigenvalue weighted by Gasteiger charge is -2.48. The Balaban J connectivity index is 1.27. The normalized spacial score (nSPS) is 18.0. The maximum Gasteiger partial charge on any atom is 0.267 e. The van der Waals surface area contributed by atoms with Crippen LogP contribution in [-0.4, -0.2) is 43.4 Å². The fourth-order valence-corrected chi connectivity index (χ4v) is 4.34. The number of carbonyl (C=O) groups is 1. The third kappa shape index (κ3) is 3.48. The number of hydrogen-bond acceptors (Lipinski definition) is 6. The molecule has 29 heavy (non-hydrogen) atoms. The summed E-state index contributed by atoms with van der Waals surface area (Å²) in [5.74, 6) is 0.448. The number of rotatable bonds is 4. The summed E-state index contributed by atoms with van der Waals surface area (Å²) in [6.07, 6.45) is 9.56. The molecule has 0 radical (unpaired) electrons. The van der Waals surface area contributed by atoms with Crippen LogP contribution in [0.25, 0.3) is 5.65 Å². The first-order chi connectivity index (χ1) is 14.1. The second kappa shape index (κ2) is 6.98. The van der Waals surface area contributed by atoms with Crippen LogP contribution in [0.15, 0.2) is 41.6 Å². The van der Waals surface area contributed by atoms with Gasteiger partial charge >= 0.3 is 0 Å². The molecular formula is C20H23N7O2. The van der Waals surface area contributed by atoms with Crippen molar-refractivity contribution in [2.75, 3.05) is 23.3 Å². The van der Waals surface area contributed by atoms with E-state index in [9.17, 15) is 9.59 Å². The molecule has 3 aromatic rings. The number of piperidine rings is 1. The Bertz CT molecular complexity index is 1110. The Kier molecular flexibility index (Phi) is 4.30. The van der Waals surface area contributed by atoms with Gasteiger partial charge in [0.05, 0.1) is 0 Å². The quantitative estimate of drug-likeness (QED) is 0.725. The number of anilines is 2. The minimum atomic E-state index is -0.312. The SMILES string of the molecule is O=C(Cn1nc(N2CCC3(CCC3)CC2)ccc1=O)Nc1ccn2ncnc2c1. The molecule has 1 saturated heterocycles. The number of aromatic nitrogens is 5. The van der Waals surface area contributed by atoms with Gasteiger partial charge in [0, 0.05) is 37.1 Å². The third-order valence-corrected chi connectivity index (χ3v) is 6.27. The van der Waals surface area contributed by atoms with Crippen molar-refractivity contribution < 1.29 is 4.79 Å². The van der Waals surface area contributed by atoms with Crippen molar-refractivity contribution in [3.05, 3.63) is 47.1 Å². The van der Waals surface area contributed by atoms with Crippen LogP contribution in [0.2, 0.25) is 0 Å². The van der Waals surface area contributed by atoms with Crippen molar-refractivity contribution in [3.8, 4) is 0 Å². The van der Waals surface area contributed by atoms with Crippen LogP contribution < -0.4 is 15.8 Å². The molecule has 9 nitrogen and oxygen atoms in total. The largest absolute Gasteiger partial charge is 0.355 e. The fourth-order valence-electron chi connectivity index (χ4n) is 4.34. The highest BCUT2D eigenvalue weighted by Gasteiger charge is 2.39. The summed E-state index contributed by atoms with van der Waals surface area (Å²) in [6, 6.07) is 6.71. The topological polar surface area (TPSA) is 97.4 Å². The van der Waals surface area contributed by atoms with Crippen molar-refractivity contribution in [1.82, 2.24) is 24.4 Å². The molecule has 0 aromatic carbocycles. The fraction of sp³-hybridized carbons (Fsp3) is 0.450. The summed E-state index contributed by atoms with van der Waals surface area (Å²) in [6.45, 7) is 1.77. The minimum Gasteiger partial charge on any atom is -0.355 e. The Morgan fingerprint density at radius 3 is 2.72 bits per heavy atom. The van der Waals surface area contributed by atoms with E-state index < -0.39 is 0 Å². The zero-order valence-electron chi connectivity index (χ0n) is 16.1. The molecule has 1 aliphatic heterocycles. The van der Waals surface area contributed by atoms with E-state index in [2.05, 4.69) is 25.4 Å². The minimum absolute atomic E-state index is 0.137. The summed E-state index contributed by atoms with van der Waals surface area (Å²) < 4.78 is 2.84. The average Bonchev–Trinajstić information content (AvgIpc) is 3.16. The molecule has 1 saturated carbocycles. The van der Waals surface area contributed by atoms with Gasteiger partial charge in [0.2, 0.25) is 5.91 Å². The Hall–Kier alpha value is -3.23. The number of carbonyl (C=O) groups excluding carboxylic acids is 1. The van der Waals surface area contributed by atoms with Crippen molar-refractivity contribution in [3.63, 3.8) is 0 Å². The number of pyridine rings is 1. The summed E-state index contributed by atoms with van der Waals surface area (Å²) in [5.41, 5.74) is 1.50. The van der Waals surface area contributed by atoms with Gasteiger partial charge < -0.3 is 10.2 Å². The van der Waals surface area contributed by atoms with Gasteiger partial charge in [0.15, 0.2) is 5.65 Å². The molecule has 1 aliphatic carbocycles. The smallest absolute Gasteiger partial charge is 0.267 e. The van der Waals surface area contributed by atoms with Crippen molar-refractivity contribution in [1.29, 1.82) is 0 Å². The molecule has 4 heterocycles. The Morgan fingerprint density at radius 2 is 1.97 bits per heavy atom. The van der Waals surface area contributed by atoms with E-state index in [0.29, 0.717) is 16.7 Å². The van der Waals surface area contributed by atoms with Crippen molar-refractivity contribution in [2.45, 2.75) is 38.6 Å². The Morgan fingerprint density at radius 1 is 1.14 bits per heavy atom. The molecule has 2 aliphatic rings. The van der Waals surface area contributed by atoms with E-state index in [1.54, 1.807) is 28.9 Å². The number of hydrogen-bond donors (Lipinski definition) is 1. The third-order valence-electron chi connectivity index (χ3n) is 6.27. The van der Waals surface area contributed by atoms with E-state index in [1.165, 1.54) is 49.2 Å². The summed E-state index contributed by atoms with van der Waals surface area (Å²) in [4.78, 5) is 31.0. The first-order valence-electron chi connectivity index (χ1n) is 10.0. The number of nitrogens with one attached hydrogen (secondary N) is 1. The summed E-state index contributed by atoms with van der Waals surface area (Å²) in [5, 5.41) is 11.3. The van der Waals surface area contributed by atoms with Crippen molar-refractivity contribution in [2.24, 2.45) is 5.41 Å². The first-order valence-corrected chi connectivity index (χ1v) is 10.0. The zero-order valence-corrected chi connectivity index (χ0v) is 16.1. The van der Waals surface area contributed by atoms with Crippen LogP contribution in [0.3, 0.4) is 0 Å². The lowest BCUT2D eigenvalue weighted by molar-refractivity contribution is -0.117. The molecule has 1 spiro atoms. The number of nitrogens with zero attached hydrogens (tertiary/aromatic N) is 6. The average molecular weight is 393 g/mol. The van der Waals surface area contributed by atoms with Crippen LogP contribution in [0.4, 0.5) is 11.5 Å². The molecule has 150 valence electrons. The number of fused-ring (bicyclic) bond motifs is 1. The molecule has 5 rings (SSSR count). The molecule has 3 aromatic heterocycles. The van der Waals surface area contributed by atoms with Crippen LogP contribution in [-0.2, 0) is 11.3 Å². The van der Waals surface area contributed by atoms with Gasteiger partial charge in [-0.05, 0) is 43.2 Å². The van der Waals surface area contributed by atoms with Gasteiger partial charge in [-0.15, -0.1) is 0 Å². The van der Waals surface area contributed by atoms with E-state index in [4.69, 9.17) is 0 Å². The van der Waals surface area contributed by atoms with E-state index >= 15 is 0 Å². The van der Waals surface area contributed by atoms with Gasteiger partial charge in [-0.2, -0.15) is 10.2 Å². The second-order valence-electron chi connectivity index (χ2n) is 8.05. The second-order valence-corrected chi connectivity index (χ2v) is 8.05. The number of amides is 1. The highest BCUT2D eigenvalue weighted by Crippen LogP contribution is 2.49. The molecule has 1 amide bonds. The van der Waals surface area contributed by atoms with Crippen LogP contribution in [0, 0.1) is 5.41 Å². The first kappa shape index (κ1) is 17.8. The van der Waals surface area contributed by atoms with E-state index in [1.807, 2.05) is 0 Å². The molecule has 0 atom stereocenters. The monoisotopic (exact) mass is 393 g/mol. The predicted octanol–water partition coefficient (Wildman–Crippen LogP) is 1.70. The Labute approximate surface area is 167 Å². The highest BCUT2D eigenvalue weighted by molar-refractivity contribution is 5.90. The van der Waals surface area contributed by atoms with Crippen molar-refractivity contribution >= 4 is 23.1 Å². The van der Waals surface area contributed by atoms with E-state index in [0.717, 1.165) is 18.9 Å². The molecule has 9 heteroatoms. The summed E-state index contributed by atoms with van der Waals surface area (Å²) >= 11 is 0. The lowest BCUT2D eigenvalue weighted by Crippen LogP contribution is -2.44. The molecule has 1 N–H and O–H groups in total. The molecule has 2 fully saturated rings. The standard InChI is InChI=1S/C20H23N7O2/c28-18(23-15-4-9-26-17(12-15)21-14-22-26)13-27-19(29)3-2-16(24-27)25-10-7-20(8-11-25)5-1-6-20/h2-4,9,12,14H,1,5-8,10-11,13H2,(H,23,28). The van der Waals surface area contributed by atoms with Gasteiger partial charge in [-0.3, -0.25) is 9.59 Å². The summed E-state index contributed by atoms with van der Waals surface area (Å²) in [7, 11) is 0. The van der Waals surface area contributed by atoms with Gasteiger partial charge in [-0.1, -0.05) is 6.42 Å². The maximum atomic E-state index is 12.5. The van der Waals surface area contributed by atoms with Crippen LogP contribution >= 0.6 is 0 Å². The molecule has 0 bridgehead atoms. The predicted molar refractivity (Wildman–Crippen MR) is 108 cm³/mol. The van der Waals surface area contributed by atoms with E-state index in [-0.39, 0.29) is 18.0 Å². The zero-order chi connectivity index (χ0) is 19.8. The van der Waals surface area contributed by atoms with Gasteiger partial charge in [0.25, 0.3) is 5.56 Å². The molecule has 0 unspecified atom stereocenters. The van der Waals surface area contributed by atoms with Crippen LogP contribution in [0.5, 0.6) is 0 Å².